The fourth-order valence-corrected chi connectivity index (χ4v) is 2.91. The molecule has 19 heavy (non-hydrogen) atoms. The van der Waals surface area contributed by atoms with Gasteiger partial charge in [0, 0.05) is 23.5 Å². The van der Waals surface area contributed by atoms with Gasteiger partial charge in [0.2, 0.25) is 5.91 Å². The van der Waals surface area contributed by atoms with Crippen LogP contribution < -0.4 is 5.32 Å². The predicted molar refractivity (Wildman–Crippen MR) is 77.6 cm³/mol. The summed E-state index contributed by atoms with van der Waals surface area (Å²) >= 11 is 7.52. The molecule has 2 N–H and O–H groups in total. The van der Waals surface area contributed by atoms with Crippen molar-refractivity contribution in [1.29, 1.82) is 0 Å². The fraction of sp³-hybridized carbons (Fsp3) is 0.385. The van der Waals surface area contributed by atoms with E-state index in [1.165, 1.54) is 18.7 Å². The first-order valence-corrected chi connectivity index (χ1v) is 7.26. The smallest absolute Gasteiger partial charge is 0.327 e. The summed E-state index contributed by atoms with van der Waals surface area (Å²) < 4.78 is 0. The molecule has 0 saturated heterocycles. The number of hydrogen-bond acceptors (Lipinski definition) is 3. The van der Waals surface area contributed by atoms with Gasteiger partial charge in [-0.1, -0.05) is 23.7 Å². The molecule has 1 aromatic rings. The molecule has 0 radical (unpaired) electrons. The summed E-state index contributed by atoms with van der Waals surface area (Å²) in [5, 5.41) is 12.0. The van der Waals surface area contributed by atoms with E-state index in [4.69, 9.17) is 16.7 Å². The van der Waals surface area contributed by atoms with Crippen LogP contribution >= 0.6 is 23.4 Å². The van der Waals surface area contributed by atoms with Crippen LogP contribution in [0.3, 0.4) is 0 Å². The number of hydrogen-bond donors (Lipinski definition) is 2. The summed E-state index contributed by atoms with van der Waals surface area (Å²) in [7, 11) is 0. The second-order valence-electron chi connectivity index (χ2n) is 4.20. The van der Waals surface area contributed by atoms with Crippen LogP contribution in [0.15, 0.2) is 18.2 Å². The largest absolute Gasteiger partial charge is 0.480 e. The lowest BCUT2D eigenvalue weighted by Gasteiger charge is -2.13. The van der Waals surface area contributed by atoms with Gasteiger partial charge in [-0.15, -0.1) is 0 Å². The third-order valence-electron chi connectivity index (χ3n) is 2.43. The van der Waals surface area contributed by atoms with Crippen LogP contribution in [-0.2, 0) is 15.3 Å². The SMILES string of the molecule is CC(=O)NC(CSCc1ccc(C)cc1Cl)C(=O)O. The number of carbonyl (C=O) groups is 2. The van der Waals surface area contributed by atoms with Gasteiger partial charge in [0.05, 0.1) is 0 Å². The van der Waals surface area contributed by atoms with E-state index in [0.29, 0.717) is 16.5 Å². The Kier molecular flexibility index (Phi) is 6.18. The second-order valence-corrected chi connectivity index (χ2v) is 5.64. The highest BCUT2D eigenvalue weighted by Gasteiger charge is 2.18. The predicted octanol–water partition coefficient (Wildman–Crippen LogP) is 2.47. The van der Waals surface area contributed by atoms with Crippen molar-refractivity contribution in [1.82, 2.24) is 5.32 Å². The maximum absolute atomic E-state index is 10.9. The number of aliphatic carboxylic acids is 1. The molecule has 1 rings (SSSR count). The van der Waals surface area contributed by atoms with Gasteiger partial charge in [0.1, 0.15) is 6.04 Å². The van der Waals surface area contributed by atoms with E-state index in [9.17, 15) is 9.59 Å². The number of nitrogens with one attached hydrogen (secondary N) is 1. The summed E-state index contributed by atoms with van der Waals surface area (Å²) in [5.74, 6) is -0.458. The zero-order valence-electron chi connectivity index (χ0n) is 10.8. The lowest BCUT2D eigenvalue weighted by molar-refractivity contribution is -0.140. The normalized spacial score (nSPS) is 11.9. The number of rotatable bonds is 6. The van der Waals surface area contributed by atoms with Crippen molar-refractivity contribution >= 4 is 35.2 Å². The standard InChI is InChI=1S/C13H16ClNO3S/c1-8-3-4-10(11(14)5-8)6-19-7-12(13(17)18)15-9(2)16/h3-5,12H,6-7H2,1-2H3,(H,15,16)(H,17,18). The number of carboxylic acids is 1. The Hall–Kier alpha value is -1.20. The zero-order chi connectivity index (χ0) is 14.4. The molecule has 1 atom stereocenters. The Morgan fingerprint density at radius 3 is 2.68 bits per heavy atom. The summed E-state index contributed by atoms with van der Waals surface area (Å²) in [6.45, 7) is 3.26. The van der Waals surface area contributed by atoms with Crippen molar-refractivity contribution in [2.75, 3.05) is 5.75 Å². The minimum absolute atomic E-state index is 0.305. The Labute approximate surface area is 121 Å². The molecule has 0 aromatic heterocycles. The van der Waals surface area contributed by atoms with Crippen molar-refractivity contribution < 1.29 is 14.7 Å². The molecule has 0 heterocycles. The topological polar surface area (TPSA) is 66.4 Å². The monoisotopic (exact) mass is 301 g/mol. The van der Waals surface area contributed by atoms with E-state index in [1.54, 1.807) is 0 Å². The van der Waals surface area contributed by atoms with Gasteiger partial charge in [-0.3, -0.25) is 4.79 Å². The molecule has 1 amide bonds. The van der Waals surface area contributed by atoms with E-state index in [-0.39, 0.29) is 5.91 Å². The molecule has 0 fully saturated rings. The summed E-state index contributed by atoms with van der Waals surface area (Å²) in [6.07, 6.45) is 0. The molecule has 104 valence electrons. The van der Waals surface area contributed by atoms with Gasteiger partial charge in [-0.25, -0.2) is 4.79 Å². The molecule has 0 aliphatic heterocycles. The minimum atomic E-state index is -1.03. The Bertz CT molecular complexity index is 479. The van der Waals surface area contributed by atoms with Crippen molar-refractivity contribution in [3.63, 3.8) is 0 Å². The maximum Gasteiger partial charge on any atom is 0.327 e. The molecule has 1 aromatic carbocycles. The molecular weight excluding hydrogens is 286 g/mol. The number of amides is 1. The molecule has 1 unspecified atom stereocenters. The van der Waals surface area contributed by atoms with E-state index in [2.05, 4.69) is 5.32 Å². The number of carbonyl (C=O) groups excluding carboxylic acids is 1. The van der Waals surface area contributed by atoms with Gasteiger partial charge in [-0.2, -0.15) is 11.8 Å². The molecule has 6 heteroatoms. The van der Waals surface area contributed by atoms with E-state index >= 15 is 0 Å². The van der Waals surface area contributed by atoms with Crippen LogP contribution in [0.2, 0.25) is 5.02 Å². The highest BCUT2D eigenvalue weighted by atomic mass is 35.5. The first-order chi connectivity index (χ1) is 8.90. The molecule has 0 spiro atoms. The summed E-state index contributed by atoms with van der Waals surface area (Å²) in [5.41, 5.74) is 2.05. The molecular formula is C13H16ClNO3S. The average molecular weight is 302 g/mol. The van der Waals surface area contributed by atoms with E-state index < -0.39 is 12.0 Å². The van der Waals surface area contributed by atoms with Gasteiger partial charge in [0.15, 0.2) is 0 Å². The van der Waals surface area contributed by atoms with Crippen LogP contribution in [0.5, 0.6) is 0 Å². The highest BCUT2D eigenvalue weighted by Crippen LogP contribution is 2.22. The molecule has 0 aliphatic carbocycles. The summed E-state index contributed by atoms with van der Waals surface area (Å²) in [6, 6.07) is 4.90. The Balaban J connectivity index is 2.52. The number of carboxylic acid groups (broad SMARTS) is 1. The van der Waals surface area contributed by atoms with Gasteiger partial charge in [0.25, 0.3) is 0 Å². The van der Waals surface area contributed by atoms with Crippen LogP contribution in [0.25, 0.3) is 0 Å². The van der Waals surface area contributed by atoms with Gasteiger partial charge >= 0.3 is 5.97 Å². The third kappa shape index (κ3) is 5.53. The first kappa shape index (κ1) is 15.9. The van der Waals surface area contributed by atoms with Crippen LogP contribution in [0.1, 0.15) is 18.1 Å². The summed E-state index contributed by atoms with van der Waals surface area (Å²) in [4.78, 5) is 21.8. The number of halogens is 1. The minimum Gasteiger partial charge on any atom is -0.480 e. The lowest BCUT2D eigenvalue weighted by atomic mass is 10.2. The maximum atomic E-state index is 10.9. The molecule has 0 aliphatic rings. The lowest BCUT2D eigenvalue weighted by Crippen LogP contribution is -2.41. The average Bonchev–Trinajstić information content (AvgIpc) is 2.29. The fourth-order valence-electron chi connectivity index (χ4n) is 1.48. The number of benzene rings is 1. The van der Waals surface area contributed by atoms with Crippen molar-refractivity contribution in [2.24, 2.45) is 0 Å². The zero-order valence-corrected chi connectivity index (χ0v) is 12.3. The Morgan fingerprint density at radius 1 is 1.47 bits per heavy atom. The van der Waals surface area contributed by atoms with Crippen molar-refractivity contribution in [2.45, 2.75) is 25.6 Å². The highest BCUT2D eigenvalue weighted by molar-refractivity contribution is 7.98. The van der Waals surface area contributed by atoms with Crippen LogP contribution in [0.4, 0.5) is 0 Å². The molecule has 0 saturated carbocycles. The number of aryl methyl sites for hydroxylation is 1. The third-order valence-corrected chi connectivity index (χ3v) is 3.86. The second kappa shape index (κ2) is 7.40. The first-order valence-electron chi connectivity index (χ1n) is 5.73. The van der Waals surface area contributed by atoms with Crippen LogP contribution in [-0.4, -0.2) is 28.8 Å². The molecule has 4 nitrogen and oxygen atoms in total. The van der Waals surface area contributed by atoms with Crippen molar-refractivity contribution in [3.05, 3.63) is 34.3 Å². The van der Waals surface area contributed by atoms with Crippen molar-refractivity contribution in [3.8, 4) is 0 Å². The van der Waals surface area contributed by atoms with Crippen LogP contribution in [0, 0.1) is 6.92 Å². The van der Waals surface area contributed by atoms with Gasteiger partial charge < -0.3 is 10.4 Å². The quantitative estimate of drug-likeness (QED) is 0.847. The van der Waals surface area contributed by atoms with E-state index in [0.717, 1.165) is 11.1 Å². The van der Waals surface area contributed by atoms with Gasteiger partial charge in [-0.05, 0) is 24.1 Å². The van der Waals surface area contributed by atoms with E-state index in [1.807, 2.05) is 25.1 Å². The molecule has 0 bridgehead atoms. The number of thioether (sulfide) groups is 1. The Morgan fingerprint density at radius 2 is 2.16 bits per heavy atom.